The zero-order valence-corrected chi connectivity index (χ0v) is 12.6. The van der Waals surface area contributed by atoms with Crippen molar-refractivity contribution in [2.75, 3.05) is 11.9 Å². The summed E-state index contributed by atoms with van der Waals surface area (Å²) in [6.07, 6.45) is 4.95. The number of rotatable bonds is 4. The van der Waals surface area contributed by atoms with E-state index in [4.69, 9.17) is 0 Å². The van der Waals surface area contributed by atoms with E-state index in [9.17, 15) is 0 Å². The molecule has 0 saturated carbocycles. The van der Waals surface area contributed by atoms with Crippen molar-refractivity contribution in [3.63, 3.8) is 0 Å². The van der Waals surface area contributed by atoms with E-state index in [-0.39, 0.29) is 0 Å². The van der Waals surface area contributed by atoms with Gasteiger partial charge in [0, 0.05) is 24.3 Å². The van der Waals surface area contributed by atoms with Crippen LogP contribution in [-0.2, 0) is 13.5 Å². The van der Waals surface area contributed by atoms with Crippen molar-refractivity contribution >= 4 is 21.6 Å². The average Bonchev–Trinajstić information content (AvgIpc) is 2.68. The smallest absolute Gasteiger partial charge is 0.0522 e. The summed E-state index contributed by atoms with van der Waals surface area (Å²) in [5.41, 5.74) is 4.99. The highest BCUT2D eigenvalue weighted by molar-refractivity contribution is 9.10. The monoisotopic (exact) mass is 307 g/mol. The molecular formula is C14H18BrN3. The number of halogens is 1. The summed E-state index contributed by atoms with van der Waals surface area (Å²) in [7, 11) is 1.94. The van der Waals surface area contributed by atoms with E-state index in [1.165, 1.54) is 22.4 Å². The van der Waals surface area contributed by atoms with Gasteiger partial charge in [0.25, 0.3) is 0 Å². The molecular weight excluding hydrogens is 290 g/mol. The molecule has 0 aliphatic carbocycles. The van der Waals surface area contributed by atoms with Crippen molar-refractivity contribution in [2.45, 2.75) is 20.3 Å². The summed E-state index contributed by atoms with van der Waals surface area (Å²) in [5.74, 6) is 0. The van der Waals surface area contributed by atoms with Crippen LogP contribution < -0.4 is 5.32 Å². The molecule has 3 nitrogen and oxygen atoms in total. The quantitative estimate of drug-likeness (QED) is 0.937. The third-order valence-electron chi connectivity index (χ3n) is 2.91. The summed E-state index contributed by atoms with van der Waals surface area (Å²) in [6.45, 7) is 5.15. The third-order valence-corrected chi connectivity index (χ3v) is 3.53. The first kappa shape index (κ1) is 13.1. The van der Waals surface area contributed by atoms with E-state index in [1.54, 1.807) is 0 Å². The van der Waals surface area contributed by atoms with Crippen molar-refractivity contribution in [1.29, 1.82) is 0 Å². The molecule has 18 heavy (non-hydrogen) atoms. The maximum absolute atomic E-state index is 4.17. The Kier molecular flexibility index (Phi) is 4.07. The van der Waals surface area contributed by atoms with Gasteiger partial charge in [-0.15, -0.1) is 0 Å². The van der Waals surface area contributed by atoms with Gasteiger partial charge in [-0.25, -0.2) is 0 Å². The first-order valence-electron chi connectivity index (χ1n) is 6.04. The van der Waals surface area contributed by atoms with Gasteiger partial charge in [-0.2, -0.15) is 5.10 Å². The standard InChI is InChI=1S/C14H18BrN3/c1-10-6-11(2)14(13(15)7-10)16-5-4-12-8-17-18(3)9-12/h6-9,16H,4-5H2,1-3H3. The Morgan fingerprint density at radius 1 is 1.33 bits per heavy atom. The van der Waals surface area contributed by atoms with Crippen LogP contribution in [0.2, 0.25) is 0 Å². The van der Waals surface area contributed by atoms with Crippen LogP contribution in [0.3, 0.4) is 0 Å². The molecule has 0 aliphatic rings. The van der Waals surface area contributed by atoms with Gasteiger partial charge in [-0.05, 0) is 59.0 Å². The largest absolute Gasteiger partial charge is 0.384 e. The van der Waals surface area contributed by atoms with E-state index >= 15 is 0 Å². The molecule has 0 spiro atoms. The number of anilines is 1. The second-order valence-corrected chi connectivity index (χ2v) is 5.49. The first-order chi connectivity index (χ1) is 8.56. The fourth-order valence-electron chi connectivity index (χ4n) is 2.07. The molecule has 0 radical (unpaired) electrons. The second kappa shape index (κ2) is 5.57. The van der Waals surface area contributed by atoms with Crippen molar-refractivity contribution in [3.8, 4) is 0 Å². The summed E-state index contributed by atoms with van der Waals surface area (Å²) in [5, 5.41) is 7.65. The summed E-state index contributed by atoms with van der Waals surface area (Å²) >= 11 is 3.61. The number of benzene rings is 1. The van der Waals surface area contributed by atoms with E-state index in [0.717, 1.165) is 17.4 Å². The van der Waals surface area contributed by atoms with Gasteiger partial charge >= 0.3 is 0 Å². The predicted molar refractivity (Wildman–Crippen MR) is 79.0 cm³/mol. The van der Waals surface area contributed by atoms with Crippen LogP contribution in [0.5, 0.6) is 0 Å². The van der Waals surface area contributed by atoms with Crippen LogP contribution in [0.1, 0.15) is 16.7 Å². The van der Waals surface area contributed by atoms with E-state index in [1.807, 2.05) is 17.9 Å². The van der Waals surface area contributed by atoms with Crippen molar-refractivity contribution in [3.05, 3.63) is 45.7 Å². The maximum Gasteiger partial charge on any atom is 0.0522 e. The van der Waals surface area contributed by atoms with Crippen LogP contribution in [0.4, 0.5) is 5.69 Å². The molecule has 0 fully saturated rings. The van der Waals surface area contributed by atoms with E-state index in [2.05, 4.69) is 58.5 Å². The second-order valence-electron chi connectivity index (χ2n) is 4.64. The number of hydrogen-bond donors (Lipinski definition) is 1. The van der Waals surface area contributed by atoms with Crippen LogP contribution in [0.25, 0.3) is 0 Å². The molecule has 1 aromatic carbocycles. The molecule has 0 saturated heterocycles. The molecule has 0 aliphatic heterocycles. The van der Waals surface area contributed by atoms with Gasteiger partial charge in [-0.1, -0.05) is 6.07 Å². The number of hydrogen-bond acceptors (Lipinski definition) is 2. The number of aromatic nitrogens is 2. The molecule has 0 amide bonds. The lowest BCUT2D eigenvalue weighted by Crippen LogP contribution is -2.06. The highest BCUT2D eigenvalue weighted by Crippen LogP contribution is 2.27. The minimum absolute atomic E-state index is 0.911. The zero-order chi connectivity index (χ0) is 13.1. The molecule has 0 bridgehead atoms. The number of nitrogens with one attached hydrogen (secondary N) is 1. The van der Waals surface area contributed by atoms with Crippen LogP contribution in [0.15, 0.2) is 29.0 Å². The molecule has 1 N–H and O–H groups in total. The van der Waals surface area contributed by atoms with E-state index < -0.39 is 0 Å². The summed E-state index contributed by atoms with van der Waals surface area (Å²) in [6, 6.07) is 4.33. The minimum atomic E-state index is 0.911. The Balaban J connectivity index is 1.98. The average molecular weight is 308 g/mol. The molecule has 0 atom stereocenters. The van der Waals surface area contributed by atoms with Crippen LogP contribution >= 0.6 is 15.9 Å². The fourth-order valence-corrected chi connectivity index (χ4v) is 2.89. The SMILES string of the molecule is Cc1cc(C)c(NCCc2cnn(C)c2)c(Br)c1. The lowest BCUT2D eigenvalue weighted by molar-refractivity contribution is 0.767. The molecule has 2 aromatic rings. The normalized spacial score (nSPS) is 10.7. The topological polar surface area (TPSA) is 29.9 Å². The number of nitrogens with zero attached hydrogens (tertiary/aromatic N) is 2. The minimum Gasteiger partial charge on any atom is -0.384 e. The third kappa shape index (κ3) is 3.13. The molecule has 1 heterocycles. The fraction of sp³-hybridized carbons (Fsp3) is 0.357. The van der Waals surface area contributed by atoms with Crippen LogP contribution in [-0.4, -0.2) is 16.3 Å². The Morgan fingerprint density at radius 3 is 2.72 bits per heavy atom. The molecule has 1 aromatic heterocycles. The van der Waals surface area contributed by atoms with Crippen molar-refractivity contribution < 1.29 is 0 Å². The first-order valence-corrected chi connectivity index (χ1v) is 6.83. The van der Waals surface area contributed by atoms with Gasteiger partial charge < -0.3 is 5.32 Å². The Labute approximate surface area is 116 Å². The summed E-state index contributed by atoms with van der Waals surface area (Å²) < 4.78 is 2.97. The van der Waals surface area contributed by atoms with Gasteiger partial charge in [0.15, 0.2) is 0 Å². The lowest BCUT2D eigenvalue weighted by Gasteiger charge is -2.12. The molecule has 96 valence electrons. The van der Waals surface area contributed by atoms with Gasteiger partial charge in [0.2, 0.25) is 0 Å². The van der Waals surface area contributed by atoms with E-state index in [0.29, 0.717) is 0 Å². The molecule has 0 unspecified atom stereocenters. The van der Waals surface area contributed by atoms with Crippen molar-refractivity contribution in [1.82, 2.24) is 9.78 Å². The summed E-state index contributed by atoms with van der Waals surface area (Å²) in [4.78, 5) is 0. The van der Waals surface area contributed by atoms with Gasteiger partial charge in [-0.3, -0.25) is 4.68 Å². The zero-order valence-electron chi connectivity index (χ0n) is 11.0. The predicted octanol–water partition coefficient (Wildman–Crippen LogP) is 3.45. The lowest BCUT2D eigenvalue weighted by atomic mass is 10.1. The number of aryl methyl sites for hydroxylation is 3. The Hall–Kier alpha value is -1.29. The molecule has 4 heteroatoms. The van der Waals surface area contributed by atoms with Crippen LogP contribution in [0, 0.1) is 13.8 Å². The highest BCUT2D eigenvalue weighted by Gasteiger charge is 2.04. The molecule has 2 rings (SSSR count). The van der Waals surface area contributed by atoms with Crippen molar-refractivity contribution in [2.24, 2.45) is 7.05 Å². The Bertz CT molecular complexity index is 523. The van der Waals surface area contributed by atoms with Gasteiger partial charge in [0.05, 0.1) is 11.9 Å². The Morgan fingerprint density at radius 2 is 2.11 bits per heavy atom. The maximum atomic E-state index is 4.17. The highest BCUT2D eigenvalue weighted by atomic mass is 79.9. The van der Waals surface area contributed by atoms with Gasteiger partial charge in [0.1, 0.15) is 0 Å².